The number of H-pyrrole nitrogens is 1. The van der Waals surface area contributed by atoms with Crippen LogP contribution in [0.2, 0.25) is 0 Å². The van der Waals surface area contributed by atoms with Crippen LogP contribution in [-0.2, 0) is 4.74 Å². The summed E-state index contributed by atoms with van der Waals surface area (Å²) in [5, 5.41) is 0.525. The van der Waals surface area contributed by atoms with Gasteiger partial charge in [0.1, 0.15) is 5.56 Å². The van der Waals surface area contributed by atoms with E-state index in [-0.39, 0.29) is 12.2 Å². The van der Waals surface area contributed by atoms with Crippen molar-refractivity contribution in [2.24, 2.45) is 5.92 Å². The number of hydrogen-bond donors (Lipinski definition) is 1. The van der Waals surface area contributed by atoms with Gasteiger partial charge in [-0.1, -0.05) is 25.6 Å². The topological polar surface area (TPSA) is 72.1 Å². The van der Waals surface area contributed by atoms with E-state index in [2.05, 4.69) is 23.8 Å². The van der Waals surface area contributed by atoms with Crippen molar-refractivity contribution in [1.29, 1.82) is 0 Å². The zero-order valence-electron chi connectivity index (χ0n) is 10.1. The highest BCUT2D eigenvalue weighted by molar-refractivity contribution is 7.99. The van der Waals surface area contributed by atoms with Crippen molar-refractivity contribution in [2.45, 2.75) is 25.9 Å². The molecule has 0 fully saturated rings. The first kappa shape index (κ1) is 13.8. The number of ether oxygens (including phenoxy) is 1. The first-order valence-electron chi connectivity index (χ1n) is 5.44. The molecule has 6 heteroatoms. The van der Waals surface area contributed by atoms with Gasteiger partial charge in [0.25, 0.3) is 5.56 Å². The van der Waals surface area contributed by atoms with Gasteiger partial charge in [0, 0.05) is 11.9 Å². The summed E-state index contributed by atoms with van der Waals surface area (Å²) >= 11 is 1.46. The van der Waals surface area contributed by atoms with Crippen molar-refractivity contribution in [3.63, 3.8) is 0 Å². The second-order valence-corrected chi connectivity index (χ2v) is 4.86. The molecule has 0 aliphatic carbocycles. The van der Waals surface area contributed by atoms with E-state index in [9.17, 15) is 9.59 Å². The molecule has 94 valence electrons. The quantitative estimate of drug-likeness (QED) is 0.493. The summed E-state index contributed by atoms with van der Waals surface area (Å²) in [7, 11) is 0. The van der Waals surface area contributed by atoms with Crippen molar-refractivity contribution in [3.8, 4) is 0 Å². The van der Waals surface area contributed by atoms with Crippen molar-refractivity contribution in [3.05, 3.63) is 22.1 Å². The molecule has 1 N–H and O–H groups in total. The molecule has 0 amide bonds. The molecule has 0 radical (unpaired) electrons. The Morgan fingerprint density at radius 1 is 1.59 bits per heavy atom. The average molecular weight is 256 g/mol. The molecule has 0 aromatic carbocycles. The van der Waals surface area contributed by atoms with Gasteiger partial charge < -0.3 is 9.72 Å². The molecule has 0 spiro atoms. The normalized spacial score (nSPS) is 10.6. The lowest BCUT2D eigenvalue weighted by Gasteiger charge is -2.04. The predicted octanol–water partition coefficient (Wildman–Crippen LogP) is 1.69. The molecule has 1 aromatic rings. The highest BCUT2D eigenvalue weighted by atomic mass is 32.2. The Hall–Kier alpha value is -1.30. The third-order valence-electron chi connectivity index (χ3n) is 1.82. The lowest BCUT2D eigenvalue weighted by molar-refractivity contribution is 0.0523. The number of thioether (sulfide) groups is 1. The second kappa shape index (κ2) is 6.44. The van der Waals surface area contributed by atoms with Crippen LogP contribution < -0.4 is 5.56 Å². The summed E-state index contributed by atoms with van der Waals surface area (Å²) in [5.74, 6) is 0.735. The molecule has 5 nitrogen and oxygen atoms in total. The number of carbonyl (C=O) groups excluding carboxylic acids is 1. The van der Waals surface area contributed by atoms with E-state index in [0.29, 0.717) is 11.1 Å². The van der Waals surface area contributed by atoms with Gasteiger partial charge in [0.05, 0.1) is 6.61 Å². The minimum absolute atomic E-state index is 0.0549. The van der Waals surface area contributed by atoms with E-state index in [0.717, 1.165) is 5.75 Å². The fraction of sp³-hybridized carbons (Fsp3) is 0.545. The first-order valence-corrected chi connectivity index (χ1v) is 6.42. The van der Waals surface area contributed by atoms with Gasteiger partial charge in [-0.2, -0.15) is 4.98 Å². The molecule has 0 saturated carbocycles. The van der Waals surface area contributed by atoms with Crippen LogP contribution in [0.5, 0.6) is 0 Å². The molecule has 0 atom stereocenters. The number of rotatable bonds is 5. The number of nitrogens with zero attached hydrogens (tertiary/aromatic N) is 1. The Kier molecular flexibility index (Phi) is 5.21. The maximum atomic E-state index is 11.6. The van der Waals surface area contributed by atoms with Gasteiger partial charge in [-0.15, -0.1) is 0 Å². The number of nitrogens with one attached hydrogen (secondary N) is 1. The SMILES string of the molecule is CCOC(=O)c1c[nH]c(SCC(C)C)nc1=O. The van der Waals surface area contributed by atoms with Gasteiger partial charge >= 0.3 is 5.97 Å². The van der Waals surface area contributed by atoms with Gasteiger partial charge in [0.15, 0.2) is 5.16 Å². The van der Waals surface area contributed by atoms with Gasteiger partial charge in [-0.25, -0.2) is 4.79 Å². The molecule has 1 rings (SSSR count). The van der Waals surface area contributed by atoms with Crippen LogP contribution >= 0.6 is 11.8 Å². The first-order chi connectivity index (χ1) is 8.04. The molecule has 1 aromatic heterocycles. The number of aromatic amines is 1. The smallest absolute Gasteiger partial charge is 0.345 e. The van der Waals surface area contributed by atoms with Crippen molar-refractivity contribution < 1.29 is 9.53 Å². The van der Waals surface area contributed by atoms with Crippen molar-refractivity contribution >= 4 is 17.7 Å². The number of carbonyl (C=O) groups is 1. The Morgan fingerprint density at radius 2 is 2.29 bits per heavy atom. The van der Waals surface area contributed by atoms with E-state index in [4.69, 9.17) is 4.74 Å². The summed E-state index contributed by atoms with van der Waals surface area (Å²) in [5.41, 5.74) is -0.603. The molecular weight excluding hydrogens is 240 g/mol. The lowest BCUT2D eigenvalue weighted by atomic mass is 10.3. The van der Waals surface area contributed by atoms with Gasteiger partial charge in [0.2, 0.25) is 0 Å². The third-order valence-corrected chi connectivity index (χ3v) is 3.14. The Balaban J connectivity index is 2.79. The maximum absolute atomic E-state index is 11.6. The zero-order chi connectivity index (χ0) is 12.8. The van der Waals surface area contributed by atoms with Gasteiger partial charge in [-0.3, -0.25) is 4.79 Å². The fourth-order valence-corrected chi connectivity index (χ4v) is 1.84. The maximum Gasteiger partial charge on any atom is 0.345 e. The molecule has 0 bridgehead atoms. The van der Waals surface area contributed by atoms with E-state index in [1.165, 1.54) is 18.0 Å². The Morgan fingerprint density at radius 3 is 2.82 bits per heavy atom. The lowest BCUT2D eigenvalue weighted by Crippen LogP contribution is -2.21. The molecular formula is C11H16N2O3S. The van der Waals surface area contributed by atoms with Crippen molar-refractivity contribution in [2.75, 3.05) is 12.4 Å². The van der Waals surface area contributed by atoms with Crippen LogP contribution in [0.15, 0.2) is 16.1 Å². The molecule has 0 aliphatic heterocycles. The minimum atomic E-state index is -0.637. The van der Waals surface area contributed by atoms with Crippen LogP contribution in [-0.4, -0.2) is 28.3 Å². The number of esters is 1. The highest BCUT2D eigenvalue weighted by Gasteiger charge is 2.13. The van der Waals surface area contributed by atoms with Crippen LogP contribution in [0.25, 0.3) is 0 Å². The largest absolute Gasteiger partial charge is 0.462 e. The summed E-state index contributed by atoms with van der Waals surface area (Å²) < 4.78 is 4.74. The number of aromatic nitrogens is 2. The van der Waals surface area contributed by atoms with Crippen LogP contribution in [0, 0.1) is 5.92 Å². The minimum Gasteiger partial charge on any atom is -0.462 e. The van der Waals surface area contributed by atoms with Crippen molar-refractivity contribution in [1.82, 2.24) is 9.97 Å². The van der Waals surface area contributed by atoms with E-state index >= 15 is 0 Å². The molecule has 0 saturated heterocycles. The zero-order valence-corrected chi connectivity index (χ0v) is 11.0. The van der Waals surface area contributed by atoms with Gasteiger partial charge in [-0.05, 0) is 12.8 Å². The molecule has 0 unspecified atom stereocenters. The van der Waals surface area contributed by atoms with E-state index in [1.54, 1.807) is 6.92 Å². The van der Waals surface area contributed by atoms with E-state index < -0.39 is 11.5 Å². The number of hydrogen-bond acceptors (Lipinski definition) is 5. The standard InChI is InChI=1S/C11H16N2O3S/c1-4-16-10(15)8-5-12-11(13-9(8)14)17-6-7(2)3/h5,7H,4,6H2,1-3H3,(H,12,13,14). The fourth-order valence-electron chi connectivity index (χ4n) is 1.05. The summed E-state index contributed by atoms with van der Waals surface area (Å²) in [6.45, 7) is 6.09. The monoisotopic (exact) mass is 256 g/mol. The summed E-state index contributed by atoms with van der Waals surface area (Å²) in [6, 6.07) is 0. The summed E-state index contributed by atoms with van der Waals surface area (Å²) in [4.78, 5) is 29.5. The third kappa shape index (κ3) is 4.22. The molecule has 0 aliphatic rings. The predicted molar refractivity (Wildman–Crippen MR) is 66.4 cm³/mol. The van der Waals surface area contributed by atoms with Crippen LogP contribution in [0.4, 0.5) is 0 Å². The molecule has 17 heavy (non-hydrogen) atoms. The molecule has 1 heterocycles. The van der Waals surface area contributed by atoms with E-state index in [1.807, 2.05) is 0 Å². The summed E-state index contributed by atoms with van der Waals surface area (Å²) in [6.07, 6.45) is 1.36. The Bertz CT molecular complexity index is 443. The average Bonchev–Trinajstić information content (AvgIpc) is 2.26. The second-order valence-electron chi connectivity index (χ2n) is 3.85. The highest BCUT2D eigenvalue weighted by Crippen LogP contribution is 2.14. The Labute approximate surface area is 104 Å². The van der Waals surface area contributed by atoms with Crippen LogP contribution in [0.1, 0.15) is 31.1 Å². The van der Waals surface area contributed by atoms with Crippen LogP contribution in [0.3, 0.4) is 0 Å².